The van der Waals surface area contributed by atoms with E-state index in [1.807, 2.05) is 31.1 Å². The zero-order valence-electron chi connectivity index (χ0n) is 19.4. The van der Waals surface area contributed by atoms with E-state index in [0.717, 1.165) is 50.3 Å². The van der Waals surface area contributed by atoms with Crippen molar-refractivity contribution in [2.45, 2.75) is 56.7 Å². The Bertz CT molecular complexity index is 726. The number of methoxy groups -OCH3 is 2. The Hall–Kier alpha value is -1.83. The number of aliphatic carboxylic acids is 1. The van der Waals surface area contributed by atoms with Crippen LogP contribution in [0.3, 0.4) is 0 Å². The normalized spacial score (nSPS) is 25.5. The lowest BCUT2D eigenvalue weighted by Gasteiger charge is -2.38. The molecule has 1 heterocycles. The molecule has 7 heteroatoms. The molecule has 31 heavy (non-hydrogen) atoms. The van der Waals surface area contributed by atoms with Crippen molar-refractivity contribution in [2.24, 2.45) is 5.92 Å². The number of carbonyl (C=O) groups is 1. The summed E-state index contributed by atoms with van der Waals surface area (Å²) in [7, 11) is 7.02. The van der Waals surface area contributed by atoms with Crippen molar-refractivity contribution < 1.29 is 24.1 Å². The molecule has 174 valence electrons. The molecule has 1 N–H and O–H groups in total. The minimum atomic E-state index is -0.719. The molecule has 1 aliphatic carbocycles. The monoisotopic (exact) mass is 434 g/mol. The summed E-state index contributed by atoms with van der Waals surface area (Å²) >= 11 is 0. The summed E-state index contributed by atoms with van der Waals surface area (Å²) in [6.07, 6.45) is 6.61. The van der Waals surface area contributed by atoms with E-state index in [9.17, 15) is 9.90 Å². The fraction of sp³-hybridized carbons (Fsp3) is 0.708. The summed E-state index contributed by atoms with van der Waals surface area (Å²) in [6, 6.07) is 5.98. The largest absolute Gasteiger partial charge is 0.493 e. The molecule has 1 aliphatic heterocycles. The van der Waals surface area contributed by atoms with Gasteiger partial charge in [-0.25, -0.2) is 0 Å². The molecule has 0 radical (unpaired) electrons. The number of carboxylic acids is 1. The van der Waals surface area contributed by atoms with E-state index in [0.29, 0.717) is 12.6 Å². The van der Waals surface area contributed by atoms with Crippen molar-refractivity contribution in [3.05, 3.63) is 23.8 Å². The molecule has 3 rings (SSSR count). The van der Waals surface area contributed by atoms with Crippen LogP contribution in [0.5, 0.6) is 11.5 Å². The Kier molecular flexibility index (Phi) is 8.58. The maximum atomic E-state index is 11.7. The van der Waals surface area contributed by atoms with Gasteiger partial charge in [0.1, 0.15) is 6.04 Å². The fourth-order valence-corrected chi connectivity index (χ4v) is 5.27. The molecule has 0 aromatic heterocycles. The second-order valence-electron chi connectivity index (χ2n) is 8.99. The number of likely N-dealkylation sites (tertiary alicyclic amines) is 1. The second-order valence-corrected chi connectivity index (χ2v) is 8.99. The number of rotatable bonds is 10. The maximum Gasteiger partial charge on any atom is 0.321 e. The van der Waals surface area contributed by atoms with Crippen LogP contribution in [0.15, 0.2) is 18.2 Å². The Labute approximate surface area is 186 Å². The Morgan fingerprint density at radius 1 is 1.16 bits per heavy atom. The highest BCUT2D eigenvalue weighted by molar-refractivity contribution is 5.74. The lowest BCUT2D eigenvalue weighted by Crippen LogP contribution is -2.48. The van der Waals surface area contributed by atoms with Crippen LogP contribution in [-0.4, -0.2) is 87.1 Å². The highest BCUT2D eigenvalue weighted by Gasteiger charge is 2.40. The summed E-state index contributed by atoms with van der Waals surface area (Å²) in [5.41, 5.74) is 1.17. The van der Waals surface area contributed by atoms with E-state index < -0.39 is 12.0 Å². The van der Waals surface area contributed by atoms with Gasteiger partial charge in [-0.2, -0.15) is 0 Å². The molecule has 0 amide bonds. The standard InChI is InChI=1S/C24H38N2O5/c1-25(2)23(24(27)28)18-11-13-26(16-18)19-7-5-6-8-20(19)31-14-12-17-9-10-21(29-3)22(15-17)30-4/h9-10,15,18-20,23H,5-8,11-14,16H2,1-4H3,(H,27,28)/t18-,19+,20+,23?/m0/s1. The number of benzene rings is 1. The minimum absolute atomic E-state index is 0.168. The smallest absolute Gasteiger partial charge is 0.321 e. The van der Waals surface area contributed by atoms with Crippen LogP contribution in [0.2, 0.25) is 0 Å². The molecular formula is C24H38N2O5. The highest BCUT2D eigenvalue weighted by atomic mass is 16.5. The summed E-state index contributed by atoms with van der Waals surface area (Å²) in [5, 5.41) is 9.65. The summed E-state index contributed by atoms with van der Waals surface area (Å²) in [4.78, 5) is 16.1. The van der Waals surface area contributed by atoms with E-state index in [4.69, 9.17) is 14.2 Å². The SMILES string of the molecule is COc1ccc(CCO[C@@H]2CCCC[C@H]2N2CC[C@H](C(C(=O)O)N(C)C)C2)cc1OC. The van der Waals surface area contributed by atoms with E-state index in [2.05, 4.69) is 11.0 Å². The summed E-state index contributed by atoms with van der Waals surface area (Å²) in [5.74, 6) is 0.929. The molecule has 0 spiro atoms. The molecule has 1 aromatic carbocycles. The van der Waals surface area contributed by atoms with Crippen LogP contribution < -0.4 is 9.47 Å². The van der Waals surface area contributed by atoms with Gasteiger partial charge < -0.3 is 19.3 Å². The average molecular weight is 435 g/mol. The minimum Gasteiger partial charge on any atom is -0.493 e. The number of carboxylic acid groups (broad SMARTS) is 1. The van der Waals surface area contributed by atoms with Crippen molar-refractivity contribution in [1.29, 1.82) is 0 Å². The number of hydrogen-bond acceptors (Lipinski definition) is 6. The van der Waals surface area contributed by atoms with Gasteiger partial charge in [-0.15, -0.1) is 0 Å². The predicted octanol–water partition coefficient (Wildman–Crippen LogP) is 2.91. The third-order valence-electron chi connectivity index (χ3n) is 6.82. The maximum absolute atomic E-state index is 11.7. The van der Waals surface area contributed by atoms with Crippen LogP contribution in [0.25, 0.3) is 0 Å². The van der Waals surface area contributed by atoms with Crippen molar-refractivity contribution in [3.8, 4) is 11.5 Å². The molecule has 0 bridgehead atoms. The van der Waals surface area contributed by atoms with Crippen molar-refractivity contribution in [2.75, 3.05) is 48.0 Å². The van der Waals surface area contributed by atoms with Gasteiger partial charge in [-0.3, -0.25) is 14.6 Å². The number of ether oxygens (including phenoxy) is 3. The number of likely N-dealkylation sites (N-methyl/N-ethyl adjacent to an activating group) is 1. The Morgan fingerprint density at radius 3 is 2.58 bits per heavy atom. The first-order valence-electron chi connectivity index (χ1n) is 11.4. The average Bonchev–Trinajstić information content (AvgIpc) is 3.22. The zero-order chi connectivity index (χ0) is 22.4. The topological polar surface area (TPSA) is 71.5 Å². The van der Waals surface area contributed by atoms with E-state index in [-0.39, 0.29) is 12.0 Å². The van der Waals surface area contributed by atoms with Gasteiger partial charge in [0.25, 0.3) is 0 Å². The van der Waals surface area contributed by atoms with Crippen molar-refractivity contribution in [1.82, 2.24) is 9.80 Å². The quantitative estimate of drug-likeness (QED) is 0.607. The molecule has 1 unspecified atom stereocenters. The number of hydrogen-bond donors (Lipinski definition) is 1. The first-order chi connectivity index (χ1) is 14.9. The van der Waals surface area contributed by atoms with Crippen LogP contribution >= 0.6 is 0 Å². The molecule has 7 nitrogen and oxygen atoms in total. The van der Waals surface area contributed by atoms with Gasteiger partial charge in [0.2, 0.25) is 0 Å². The molecule has 4 atom stereocenters. The van der Waals surface area contributed by atoms with Gasteiger partial charge in [-0.1, -0.05) is 18.9 Å². The lowest BCUT2D eigenvalue weighted by atomic mass is 9.91. The molecule has 1 saturated carbocycles. The van der Waals surface area contributed by atoms with Gasteiger partial charge in [0, 0.05) is 12.6 Å². The first kappa shape index (κ1) is 23.8. The first-order valence-corrected chi connectivity index (χ1v) is 11.4. The van der Waals surface area contributed by atoms with E-state index >= 15 is 0 Å². The number of nitrogens with zero attached hydrogens (tertiary/aromatic N) is 2. The fourth-order valence-electron chi connectivity index (χ4n) is 5.27. The van der Waals surface area contributed by atoms with Gasteiger partial charge >= 0.3 is 5.97 Å². The summed E-state index contributed by atoms with van der Waals surface area (Å²) < 4.78 is 17.1. The van der Waals surface area contributed by atoms with Gasteiger partial charge in [0.15, 0.2) is 11.5 Å². The molecule has 1 saturated heterocycles. The second kappa shape index (κ2) is 11.2. The summed E-state index contributed by atoms with van der Waals surface area (Å²) in [6.45, 7) is 2.47. The van der Waals surface area contributed by atoms with Crippen molar-refractivity contribution in [3.63, 3.8) is 0 Å². The van der Waals surface area contributed by atoms with Crippen molar-refractivity contribution >= 4 is 5.97 Å². The Balaban J connectivity index is 1.56. The highest BCUT2D eigenvalue weighted by Crippen LogP contribution is 2.32. The third kappa shape index (κ3) is 5.90. The molecule has 2 fully saturated rings. The lowest BCUT2D eigenvalue weighted by molar-refractivity contribution is -0.144. The van der Waals surface area contributed by atoms with E-state index in [1.165, 1.54) is 18.4 Å². The van der Waals surface area contributed by atoms with Crippen LogP contribution in [0.1, 0.15) is 37.7 Å². The van der Waals surface area contributed by atoms with Crippen LogP contribution in [0.4, 0.5) is 0 Å². The van der Waals surface area contributed by atoms with Crippen LogP contribution in [-0.2, 0) is 16.0 Å². The zero-order valence-corrected chi connectivity index (χ0v) is 19.4. The third-order valence-corrected chi connectivity index (χ3v) is 6.82. The Morgan fingerprint density at radius 2 is 1.90 bits per heavy atom. The van der Waals surface area contributed by atoms with E-state index in [1.54, 1.807) is 14.2 Å². The molecule has 2 aliphatic rings. The van der Waals surface area contributed by atoms with Crippen LogP contribution in [0, 0.1) is 5.92 Å². The van der Waals surface area contributed by atoms with Gasteiger partial charge in [-0.05, 0) is 69.9 Å². The molecule has 1 aromatic rings. The van der Waals surface area contributed by atoms with Gasteiger partial charge in [0.05, 0.1) is 26.9 Å². The predicted molar refractivity (Wildman–Crippen MR) is 120 cm³/mol. The molecular weight excluding hydrogens is 396 g/mol.